The molecule has 9 heteroatoms. The zero-order valence-electron chi connectivity index (χ0n) is 16.4. The average molecular weight is 448 g/mol. The largest absolute Gasteiger partial charge is 0.467 e. The molecule has 3 heterocycles. The van der Waals surface area contributed by atoms with Crippen LogP contribution < -0.4 is 5.56 Å². The first kappa shape index (κ1) is 21.0. The Balaban J connectivity index is 1.49. The fourth-order valence-corrected chi connectivity index (χ4v) is 4.44. The van der Waals surface area contributed by atoms with Crippen molar-refractivity contribution in [3.05, 3.63) is 57.7 Å². The van der Waals surface area contributed by atoms with Gasteiger partial charge >= 0.3 is 0 Å². The first-order chi connectivity index (χ1) is 14.6. The molecule has 3 aromatic rings. The second-order valence-corrected chi connectivity index (χ2v) is 8.47. The summed E-state index contributed by atoms with van der Waals surface area (Å²) in [6.07, 6.45) is 2.75. The number of thioether (sulfide) groups is 1. The van der Waals surface area contributed by atoms with Gasteiger partial charge in [-0.25, -0.2) is 4.98 Å². The van der Waals surface area contributed by atoms with E-state index >= 15 is 0 Å². The highest BCUT2D eigenvalue weighted by atomic mass is 35.5. The molecule has 158 valence electrons. The smallest absolute Gasteiger partial charge is 0.262 e. The van der Waals surface area contributed by atoms with Crippen molar-refractivity contribution in [2.24, 2.45) is 0 Å². The minimum absolute atomic E-state index is 0.139. The fraction of sp³-hybridized carbons (Fsp3) is 0.381. The van der Waals surface area contributed by atoms with Crippen molar-refractivity contribution in [3.63, 3.8) is 0 Å². The topological polar surface area (TPSA) is 77.6 Å². The molecule has 0 radical (unpaired) electrons. The standard InChI is InChI=1S/C21H22ClN3O4S/c22-15-5-6-17-18(13-15)23-21(25(20(17)27)14-16-3-1-9-29-16)30-12-2-4-19(26)24-7-10-28-11-8-24/h1,3,5-6,9,13H,2,4,7-8,10-12,14H2. The first-order valence-corrected chi connectivity index (χ1v) is 11.2. The number of carbonyl (C=O) groups excluding carboxylic acids is 1. The Hall–Kier alpha value is -2.29. The van der Waals surface area contributed by atoms with Gasteiger partial charge in [-0.2, -0.15) is 0 Å². The van der Waals surface area contributed by atoms with E-state index in [2.05, 4.69) is 4.98 Å². The molecule has 0 atom stereocenters. The molecule has 7 nitrogen and oxygen atoms in total. The third-order valence-corrected chi connectivity index (χ3v) is 6.20. The number of morpholine rings is 1. The van der Waals surface area contributed by atoms with E-state index in [0.717, 1.165) is 0 Å². The lowest BCUT2D eigenvalue weighted by molar-refractivity contribution is -0.135. The number of amides is 1. The molecule has 1 aromatic carbocycles. The molecule has 1 saturated heterocycles. The van der Waals surface area contributed by atoms with Crippen molar-refractivity contribution in [1.29, 1.82) is 0 Å². The van der Waals surface area contributed by atoms with Crippen molar-refractivity contribution in [2.45, 2.75) is 24.5 Å². The molecular formula is C21H22ClN3O4S. The van der Waals surface area contributed by atoms with Crippen LogP contribution in [0.3, 0.4) is 0 Å². The van der Waals surface area contributed by atoms with E-state index in [-0.39, 0.29) is 11.5 Å². The Morgan fingerprint density at radius 2 is 2.07 bits per heavy atom. The van der Waals surface area contributed by atoms with Gasteiger partial charge in [-0.3, -0.25) is 14.2 Å². The van der Waals surface area contributed by atoms with Crippen molar-refractivity contribution < 1.29 is 13.9 Å². The number of benzene rings is 1. The Morgan fingerprint density at radius 3 is 2.83 bits per heavy atom. The van der Waals surface area contributed by atoms with Crippen LogP contribution >= 0.6 is 23.4 Å². The van der Waals surface area contributed by atoms with Crippen LogP contribution in [-0.4, -0.2) is 52.4 Å². The number of hydrogen-bond donors (Lipinski definition) is 0. The first-order valence-electron chi connectivity index (χ1n) is 9.82. The highest BCUT2D eigenvalue weighted by Gasteiger charge is 2.17. The summed E-state index contributed by atoms with van der Waals surface area (Å²) in [7, 11) is 0. The highest BCUT2D eigenvalue weighted by molar-refractivity contribution is 7.99. The van der Waals surface area contributed by atoms with Gasteiger partial charge in [-0.1, -0.05) is 23.4 Å². The SMILES string of the molecule is O=C(CCCSc1nc2cc(Cl)ccc2c(=O)n1Cc1ccco1)N1CCOCC1. The molecule has 30 heavy (non-hydrogen) atoms. The van der Waals surface area contributed by atoms with E-state index in [0.29, 0.717) is 78.3 Å². The van der Waals surface area contributed by atoms with Gasteiger partial charge < -0.3 is 14.1 Å². The molecule has 0 N–H and O–H groups in total. The lowest BCUT2D eigenvalue weighted by Gasteiger charge is -2.26. The molecular weight excluding hydrogens is 426 g/mol. The van der Waals surface area contributed by atoms with Gasteiger partial charge in [-0.15, -0.1) is 0 Å². The Kier molecular flexibility index (Phi) is 6.76. The van der Waals surface area contributed by atoms with E-state index in [1.165, 1.54) is 11.8 Å². The molecule has 1 amide bonds. The second kappa shape index (κ2) is 9.68. The number of rotatable bonds is 7. The Labute approximate surface area is 183 Å². The zero-order valence-corrected chi connectivity index (χ0v) is 18.0. The van der Waals surface area contributed by atoms with Gasteiger partial charge in [0, 0.05) is 30.3 Å². The van der Waals surface area contributed by atoms with E-state index in [4.69, 9.17) is 20.8 Å². The molecule has 1 aliphatic heterocycles. The highest BCUT2D eigenvalue weighted by Crippen LogP contribution is 2.22. The van der Waals surface area contributed by atoms with Gasteiger partial charge in [0.15, 0.2) is 5.16 Å². The predicted octanol–water partition coefficient (Wildman–Crippen LogP) is 3.42. The average Bonchev–Trinajstić information content (AvgIpc) is 3.27. The van der Waals surface area contributed by atoms with E-state index in [1.54, 1.807) is 35.1 Å². The quantitative estimate of drug-likeness (QED) is 0.314. The van der Waals surface area contributed by atoms with E-state index < -0.39 is 0 Å². The van der Waals surface area contributed by atoms with Crippen molar-refractivity contribution in [3.8, 4) is 0 Å². The third-order valence-electron chi connectivity index (χ3n) is 4.91. The maximum Gasteiger partial charge on any atom is 0.262 e. The van der Waals surface area contributed by atoms with Gasteiger partial charge in [0.2, 0.25) is 5.91 Å². The molecule has 0 aliphatic carbocycles. The molecule has 0 unspecified atom stereocenters. The minimum atomic E-state index is -0.139. The number of aromatic nitrogens is 2. The lowest BCUT2D eigenvalue weighted by atomic mass is 10.2. The van der Waals surface area contributed by atoms with Gasteiger partial charge in [0.25, 0.3) is 5.56 Å². The van der Waals surface area contributed by atoms with Gasteiger partial charge in [0.05, 0.1) is 36.9 Å². The number of hydrogen-bond acceptors (Lipinski definition) is 6. The second-order valence-electron chi connectivity index (χ2n) is 6.97. The summed E-state index contributed by atoms with van der Waals surface area (Å²) in [6, 6.07) is 8.70. The molecule has 1 fully saturated rings. The molecule has 0 saturated carbocycles. The number of fused-ring (bicyclic) bond motifs is 1. The molecule has 4 rings (SSSR count). The summed E-state index contributed by atoms with van der Waals surface area (Å²) in [5.41, 5.74) is 0.426. The molecule has 2 aromatic heterocycles. The third kappa shape index (κ3) is 4.88. The normalized spacial score (nSPS) is 14.4. The lowest BCUT2D eigenvalue weighted by Crippen LogP contribution is -2.40. The van der Waals surface area contributed by atoms with Crippen LogP contribution in [0.1, 0.15) is 18.6 Å². The van der Waals surface area contributed by atoms with Crippen molar-refractivity contribution in [1.82, 2.24) is 14.5 Å². The Morgan fingerprint density at radius 1 is 1.23 bits per heavy atom. The summed E-state index contributed by atoms with van der Waals surface area (Å²) in [5.74, 6) is 1.49. The maximum atomic E-state index is 13.1. The number of furan rings is 1. The molecule has 0 bridgehead atoms. The summed E-state index contributed by atoms with van der Waals surface area (Å²) in [6.45, 7) is 2.81. The maximum absolute atomic E-state index is 13.1. The number of nitrogens with zero attached hydrogens (tertiary/aromatic N) is 3. The number of halogens is 1. The summed E-state index contributed by atoms with van der Waals surface area (Å²) >= 11 is 7.56. The van der Waals surface area contributed by atoms with E-state index in [1.807, 2.05) is 11.0 Å². The molecule has 1 aliphatic rings. The monoisotopic (exact) mass is 447 g/mol. The van der Waals surface area contributed by atoms with Crippen LogP contribution in [0.5, 0.6) is 0 Å². The van der Waals surface area contributed by atoms with Crippen LogP contribution in [0.2, 0.25) is 5.02 Å². The molecule has 0 spiro atoms. The van der Waals surface area contributed by atoms with Gasteiger partial charge in [-0.05, 0) is 36.8 Å². The van der Waals surface area contributed by atoms with Crippen LogP contribution in [0, 0.1) is 0 Å². The number of ether oxygens (including phenoxy) is 1. The fourth-order valence-electron chi connectivity index (χ4n) is 3.34. The van der Waals surface area contributed by atoms with Crippen molar-refractivity contribution >= 4 is 40.2 Å². The van der Waals surface area contributed by atoms with Crippen LogP contribution in [0.15, 0.2) is 51.0 Å². The van der Waals surface area contributed by atoms with Crippen LogP contribution in [-0.2, 0) is 16.1 Å². The van der Waals surface area contributed by atoms with Crippen LogP contribution in [0.25, 0.3) is 10.9 Å². The number of carbonyl (C=O) groups is 1. The van der Waals surface area contributed by atoms with Crippen molar-refractivity contribution in [2.75, 3.05) is 32.1 Å². The predicted molar refractivity (Wildman–Crippen MR) is 116 cm³/mol. The summed E-state index contributed by atoms with van der Waals surface area (Å²) in [5, 5.41) is 1.63. The summed E-state index contributed by atoms with van der Waals surface area (Å²) in [4.78, 5) is 31.9. The van der Waals surface area contributed by atoms with Gasteiger partial charge in [0.1, 0.15) is 5.76 Å². The summed E-state index contributed by atoms with van der Waals surface area (Å²) < 4.78 is 12.3. The van der Waals surface area contributed by atoms with E-state index in [9.17, 15) is 9.59 Å². The van der Waals surface area contributed by atoms with Crippen LogP contribution in [0.4, 0.5) is 0 Å². The Bertz CT molecular complexity index is 1080. The minimum Gasteiger partial charge on any atom is -0.467 e. The zero-order chi connectivity index (χ0) is 20.9.